The standard InChI is InChI=1S/C8H16N4.C6H12N4O/c1-5-6(9)7(10)12(11-5)8(2,3)4;1-4-5(7)6(8)10(9-4)2-3-11/h9-10H2,1-4H3;11H,2-3,7-8H2,1H3. The van der Waals surface area contributed by atoms with Crippen LogP contribution < -0.4 is 22.9 Å². The summed E-state index contributed by atoms with van der Waals surface area (Å²) in [5.41, 5.74) is 25.0. The van der Waals surface area contributed by atoms with E-state index in [2.05, 4.69) is 10.2 Å². The van der Waals surface area contributed by atoms with E-state index in [1.807, 2.05) is 27.7 Å². The SMILES string of the molecule is Cc1nn(C(C)(C)C)c(N)c1N.Cc1nn(CCO)c(N)c1N. The molecule has 0 saturated heterocycles. The lowest BCUT2D eigenvalue weighted by Crippen LogP contribution is -2.24. The largest absolute Gasteiger partial charge is 0.394 e. The van der Waals surface area contributed by atoms with Crippen LogP contribution in [0.3, 0.4) is 0 Å². The summed E-state index contributed by atoms with van der Waals surface area (Å²) in [7, 11) is 0. The van der Waals surface area contributed by atoms with Gasteiger partial charge in [-0.2, -0.15) is 10.2 Å². The van der Waals surface area contributed by atoms with E-state index in [-0.39, 0.29) is 12.1 Å². The topological polar surface area (TPSA) is 160 Å². The van der Waals surface area contributed by atoms with E-state index in [9.17, 15) is 0 Å². The highest BCUT2D eigenvalue weighted by Crippen LogP contribution is 2.25. The summed E-state index contributed by atoms with van der Waals surface area (Å²) in [4.78, 5) is 0. The molecule has 0 radical (unpaired) electrons. The lowest BCUT2D eigenvalue weighted by Gasteiger charge is -2.20. The second kappa shape index (κ2) is 6.78. The maximum atomic E-state index is 8.59. The molecule has 9 N–H and O–H groups in total. The second-order valence-corrected chi connectivity index (χ2v) is 6.30. The first-order chi connectivity index (χ1) is 10.5. The highest BCUT2D eigenvalue weighted by atomic mass is 16.3. The Morgan fingerprint density at radius 3 is 1.65 bits per heavy atom. The van der Waals surface area contributed by atoms with Gasteiger partial charge in [0, 0.05) is 0 Å². The van der Waals surface area contributed by atoms with E-state index in [1.165, 1.54) is 4.68 Å². The number of nitrogens with two attached hydrogens (primary N) is 4. The van der Waals surface area contributed by atoms with E-state index < -0.39 is 0 Å². The van der Waals surface area contributed by atoms with Crippen molar-refractivity contribution < 1.29 is 5.11 Å². The van der Waals surface area contributed by atoms with Gasteiger partial charge in [-0.15, -0.1) is 0 Å². The zero-order valence-electron chi connectivity index (χ0n) is 14.5. The van der Waals surface area contributed by atoms with Gasteiger partial charge in [-0.25, -0.2) is 9.36 Å². The molecule has 2 aromatic heterocycles. The van der Waals surface area contributed by atoms with E-state index >= 15 is 0 Å². The van der Waals surface area contributed by atoms with Crippen LogP contribution in [0.25, 0.3) is 0 Å². The molecule has 9 heteroatoms. The smallest absolute Gasteiger partial charge is 0.145 e. The van der Waals surface area contributed by atoms with Crippen molar-refractivity contribution in [2.24, 2.45) is 0 Å². The normalized spacial score (nSPS) is 11.2. The van der Waals surface area contributed by atoms with Crippen molar-refractivity contribution in [2.45, 2.75) is 46.7 Å². The molecule has 2 rings (SSSR count). The maximum absolute atomic E-state index is 8.59. The van der Waals surface area contributed by atoms with Crippen LogP contribution in [-0.2, 0) is 12.1 Å². The van der Waals surface area contributed by atoms with Crippen LogP contribution in [0.5, 0.6) is 0 Å². The Morgan fingerprint density at radius 1 is 0.913 bits per heavy atom. The third kappa shape index (κ3) is 4.07. The van der Waals surface area contributed by atoms with Gasteiger partial charge in [0.25, 0.3) is 0 Å². The Balaban J connectivity index is 0.000000231. The molecule has 0 aliphatic rings. The van der Waals surface area contributed by atoms with Gasteiger partial charge in [-0.1, -0.05) is 0 Å². The Bertz CT molecular complexity index is 665. The lowest BCUT2D eigenvalue weighted by atomic mass is 10.1. The van der Waals surface area contributed by atoms with Crippen molar-refractivity contribution in [3.63, 3.8) is 0 Å². The predicted octanol–water partition coefficient (Wildman–Crippen LogP) is 0.459. The summed E-state index contributed by atoms with van der Waals surface area (Å²) in [6.07, 6.45) is 0. The molecule has 2 aromatic rings. The zero-order chi connectivity index (χ0) is 17.9. The average Bonchev–Trinajstić information content (AvgIpc) is 2.85. The number of aromatic nitrogens is 4. The molecule has 0 atom stereocenters. The molecule has 0 unspecified atom stereocenters. The quantitative estimate of drug-likeness (QED) is 0.536. The molecule has 0 aliphatic carbocycles. The lowest BCUT2D eigenvalue weighted by molar-refractivity contribution is 0.270. The summed E-state index contributed by atoms with van der Waals surface area (Å²) in [5, 5.41) is 16.8. The first-order valence-electron chi connectivity index (χ1n) is 7.31. The van der Waals surface area contributed by atoms with E-state index in [1.54, 1.807) is 11.6 Å². The van der Waals surface area contributed by atoms with Gasteiger partial charge >= 0.3 is 0 Å². The molecular weight excluding hydrogens is 296 g/mol. The van der Waals surface area contributed by atoms with Gasteiger partial charge in [-0.3, -0.25) is 0 Å². The molecule has 0 aliphatic heterocycles. The van der Waals surface area contributed by atoms with Crippen LogP contribution in [-0.4, -0.2) is 31.3 Å². The number of aryl methyl sites for hydroxylation is 2. The van der Waals surface area contributed by atoms with Crippen molar-refractivity contribution in [3.05, 3.63) is 11.4 Å². The molecule has 130 valence electrons. The Morgan fingerprint density at radius 2 is 1.39 bits per heavy atom. The number of nitrogen functional groups attached to an aromatic ring is 4. The molecule has 0 saturated carbocycles. The average molecular weight is 324 g/mol. The third-order valence-corrected chi connectivity index (χ3v) is 3.31. The minimum atomic E-state index is -0.105. The Kier molecular flexibility index (Phi) is 5.49. The van der Waals surface area contributed by atoms with Crippen molar-refractivity contribution in [1.82, 2.24) is 19.6 Å². The Labute approximate surface area is 136 Å². The van der Waals surface area contributed by atoms with Gasteiger partial charge in [0.1, 0.15) is 11.6 Å². The van der Waals surface area contributed by atoms with Gasteiger partial charge in [-0.05, 0) is 34.6 Å². The molecule has 0 bridgehead atoms. The van der Waals surface area contributed by atoms with Crippen molar-refractivity contribution in [3.8, 4) is 0 Å². The Hall–Kier alpha value is -2.42. The van der Waals surface area contributed by atoms with E-state index in [4.69, 9.17) is 28.0 Å². The van der Waals surface area contributed by atoms with Gasteiger partial charge in [0.2, 0.25) is 0 Å². The number of rotatable bonds is 2. The molecule has 0 aromatic carbocycles. The second-order valence-electron chi connectivity index (χ2n) is 6.30. The highest BCUT2D eigenvalue weighted by Gasteiger charge is 2.19. The fourth-order valence-electron chi connectivity index (χ4n) is 1.95. The summed E-state index contributed by atoms with van der Waals surface area (Å²) < 4.78 is 3.24. The summed E-state index contributed by atoms with van der Waals surface area (Å²) >= 11 is 0. The van der Waals surface area contributed by atoms with E-state index in [0.717, 1.165) is 5.69 Å². The minimum Gasteiger partial charge on any atom is -0.394 e. The van der Waals surface area contributed by atoms with Crippen LogP contribution in [0, 0.1) is 13.8 Å². The van der Waals surface area contributed by atoms with E-state index in [0.29, 0.717) is 35.2 Å². The molecule has 2 heterocycles. The number of hydrogen-bond donors (Lipinski definition) is 5. The molecule has 9 nitrogen and oxygen atoms in total. The molecule has 0 fully saturated rings. The molecule has 0 spiro atoms. The van der Waals surface area contributed by atoms with Crippen LogP contribution in [0.4, 0.5) is 23.0 Å². The fraction of sp³-hybridized carbons (Fsp3) is 0.571. The van der Waals surface area contributed by atoms with Crippen molar-refractivity contribution in [1.29, 1.82) is 0 Å². The monoisotopic (exact) mass is 324 g/mol. The molecule has 0 amide bonds. The number of aliphatic hydroxyl groups is 1. The summed E-state index contributed by atoms with van der Waals surface area (Å²) in [6, 6.07) is 0. The van der Waals surface area contributed by atoms with Gasteiger partial charge in [0.05, 0.1) is 41.5 Å². The third-order valence-electron chi connectivity index (χ3n) is 3.31. The first kappa shape index (κ1) is 18.6. The van der Waals surface area contributed by atoms with Gasteiger partial charge in [0.15, 0.2) is 0 Å². The van der Waals surface area contributed by atoms with Crippen LogP contribution >= 0.6 is 0 Å². The highest BCUT2D eigenvalue weighted by molar-refractivity contribution is 5.62. The summed E-state index contributed by atoms with van der Waals surface area (Å²) in [6.45, 7) is 10.2. The predicted molar refractivity (Wildman–Crippen MR) is 93.7 cm³/mol. The number of hydrogen-bond acceptors (Lipinski definition) is 7. The van der Waals surface area contributed by atoms with Crippen LogP contribution in [0.2, 0.25) is 0 Å². The number of aliphatic hydroxyl groups excluding tert-OH is 1. The molecule has 23 heavy (non-hydrogen) atoms. The minimum absolute atomic E-state index is 0.0186. The zero-order valence-corrected chi connectivity index (χ0v) is 14.5. The van der Waals surface area contributed by atoms with Crippen LogP contribution in [0.1, 0.15) is 32.2 Å². The summed E-state index contributed by atoms with van der Waals surface area (Å²) in [5.74, 6) is 0.983. The molecular formula is C14H28N8O. The van der Waals surface area contributed by atoms with Crippen molar-refractivity contribution in [2.75, 3.05) is 29.5 Å². The number of anilines is 4. The number of nitrogens with zero attached hydrogens (tertiary/aromatic N) is 4. The van der Waals surface area contributed by atoms with Crippen LogP contribution in [0.15, 0.2) is 0 Å². The maximum Gasteiger partial charge on any atom is 0.145 e. The fourth-order valence-corrected chi connectivity index (χ4v) is 1.95. The van der Waals surface area contributed by atoms with Crippen molar-refractivity contribution >= 4 is 23.0 Å². The van der Waals surface area contributed by atoms with Gasteiger partial charge < -0.3 is 28.0 Å². The first-order valence-corrected chi connectivity index (χ1v) is 7.31.